The summed E-state index contributed by atoms with van der Waals surface area (Å²) in [5, 5.41) is 5.99. The lowest BCUT2D eigenvalue weighted by atomic mass is 10.2. The van der Waals surface area contributed by atoms with Crippen molar-refractivity contribution < 1.29 is 9.53 Å². The van der Waals surface area contributed by atoms with E-state index < -0.39 is 0 Å². The van der Waals surface area contributed by atoms with E-state index >= 15 is 0 Å². The van der Waals surface area contributed by atoms with Crippen molar-refractivity contribution in [2.45, 2.75) is 6.54 Å². The highest BCUT2D eigenvalue weighted by molar-refractivity contribution is 6.31. The number of para-hydroxylation sites is 1. The first-order valence-electron chi connectivity index (χ1n) is 9.64. The fourth-order valence-electron chi connectivity index (χ4n) is 3.49. The number of ether oxygens (including phenoxy) is 1. The number of fused-ring (bicyclic) bond motifs is 1. The Hall–Kier alpha value is -2.67. The fraction of sp³-hybridized carbons (Fsp3) is 0.273. The summed E-state index contributed by atoms with van der Waals surface area (Å²) in [5.74, 6) is -0.122. The summed E-state index contributed by atoms with van der Waals surface area (Å²) < 4.78 is 7.45. The Balaban J connectivity index is 1.48. The third-order valence-electron chi connectivity index (χ3n) is 4.98. The Bertz CT molecular complexity index is 1020. The summed E-state index contributed by atoms with van der Waals surface area (Å²) >= 11 is 6.33. The average molecular weight is 411 g/mol. The van der Waals surface area contributed by atoms with E-state index in [0.717, 1.165) is 40.1 Å². The van der Waals surface area contributed by atoms with Crippen molar-refractivity contribution in [2.75, 3.05) is 32.8 Å². The second kappa shape index (κ2) is 9.22. The zero-order valence-electron chi connectivity index (χ0n) is 16.1. The van der Waals surface area contributed by atoms with Gasteiger partial charge in [-0.2, -0.15) is 5.10 Å². The SMILES string of the molecule is O=C(CN1CCOCC1)N/N=C\c1cn(Cc2ccccc2Cl)c2ccccc12. The van der Waals surface area contributed by atoms with Crippen LogP contribution in [0, 0.1) is 0 Å². The van der Waals surface area contributed by atoms with Crippen LogP contribution < -0.4 is 5.43 Å². The number of hydrazone groups is 1. The number of benzene rings is 2. The summed E-state index contributed by atoms with van der Waals surface area (Å²) in [6.07, 6.45) is 3.73. The molecule has 3 aromatic rings. The second-order valence-electron chi connectivity index (χ2n) is 7.00. The maximum atomic E-state index is 12.1. The van der Waals surface area contributed by atoms with Crippen LogP contribution in [0.4, 0.5) is 0 Å². The first-order valence-corrected chi connectivity index (χ1v) is 10.0. The topological polar surface area (TPSA) is 58.9 Å². The first kappa shape index (κ1) is 19.6. The number of amides is 1. The number of hydrogen-bond donors (Lipinski definition) is 1. The number of nitrogens with zero attached hydrogens (tertiary/aromatic N) is 3. The molecule has 1 N–H and O–H groups in total. The third-order valence-corrected chi connectivity index (χ3v) is 5.35. The number of morpholine rings is 1. The molecular formula is C22H23ClN4O2. The molecule has 0 saturated carbocycles. The highest BCUT2D eigenvalue weighted by Crippen LogP contribution is 2.23. The van der Waals surface area contributed by atoms with Gasteiger partial charge in [-0.3, -0.25) is 9.69 Å². The molecule has 29 heavy (non-hydrogen) atoms. The van der Waals surface area contributed by atoms with E-state index in [1.807, 2.05) is 42.6 Å². The molecule has 1 fully saturated rings. The average Bonchev–Trinajstić information content (AvgIpc) is 3.08. The molecule has 0 aliphatic carbocycles. The Kier molecular flexibility index (Phi) is 6.24. The predicted molar refractivity (Wildman–Crippen MR) is 115 cm³/mol. The Morgan fingerprint density at radius 1 is 1.14 bits per heavy atom. The molecule has 150 valence electrons. The number of rotatable bonds is 6. The summed E-state index contributed by atoms with van der Waals surface area (Å²) in [6, 6.07) is 16.0. The van der Waals surface area contributed by atoms with E-state index in [9.17, 15) is 4.79 Å². The van der Waals surface area contributed by atoms with Crippen molar-refractivity contribution in [3.8, 4) is 0 Å². The lowest BCUT2D eigenvalue weighted by Crippen LogP contribution is -2.42. The number of carbonyl (C=O) groups is 1. The molecule has 0 spiro atoms. The number of carbonyl (C=O) groups excluding carboxylic acids is 1. The number of hydrogen-bond acceptors (Lipinski definition) is 4. The van der Waals surface area contributed by atoms with Crippen molar-refractivity contribution in [3.63, 3.8) is 0 Å². The molecule has 2 heterocycles. The van der Waals surface area contributed by atoms with Crippen LogP contribution >= 0.6 is 11.6 Å². The molecule has 1 aliphatic heterocycles. The van der Waals surface area contributed by atoms with Crippen LogP contribution in [0.3, 0.4) is 0 Å². The van der Waals surface area contributed by atoms with E-state index in [1.165, 1.54) is 0 Å². The Morgan fingerprint density at radius 2 is 1.90 bits per heavy atom. The molecule has 1 amide bonds. The lowest BCUT2D eigenvalue weighted by molar-refractivity contribution is -0.123. The molecule has 4 rings (SSSR count). The first-order chi connectivity index (χ1) is 14.2. The Labute approximate surface area is 174 Å². The van der Waals surface area contributed by atoms with E-state index in [1.54, 1.807) is 6.21 Å². The largest absolute Gasteiger partial charge is 0.379 e. The smallest absolute Gasteiger partial charge is 0.254 e. The highest BCUT2D eigenvalue weighted by atomic mass is 35.5. The quantitative estimate of drug-likeness (QED) is 0.501. The van der Waals surface area contributed by atoms with Gasteiger partial charge in [0.25, 0.3) is 5.91 Å². The van der Waals surface area contributed by atoms with Crippen LogP contribution in [0.5, 0.6) is 0 Å². The van der Waals surface area contributed by atoms with Crippen LogP contribution in [0.2, 0.25) is 5.02 Å². The minimum Gasteiger partial charge on any atom is -0.379 e. The van der Waals surface area contributed by atoms with Crippen LogP contribution in [0.15, 0.2) is 59.8 Å². The number of nitrogens with one attached hydrogen (secondary N) is 1. The van der Waals surface area contributed by atoms with E-state index in [0.29, 0.717) is 26.3 Å². The normalized spacial score (nSPS) is 15.2. The molecule has 0 atom stereocenters. The monoisotopic (exact) mass is 410 g/mol. The molecule has 1 saturated heterocycles. The summed E-state index contributed by atoms with van der Waals surface area (Å²) in [7, 11) is 0. The van der Waals surface area contributed by atoms with Crippen LogP contribution in [-0.2, 0) is 16.1 Å². The van der Waals surface area contributed by atoms with Gasteiger partial charge in [-0.25, -0.2) is 5.43 Å². The highest BCUT2D eigenvalue weighted by Gasteiger charge is 2.13. The molecular weight excluding hydrogens is 388 g/mol. The van der Waals surface area contributed by atoms with Crippen molar-refractivity contribution in [3.05, 3.63) is 70.9 Å². The van der Waals surface area contributed by atoms with Gasteiger partial charge >= 0.3 is 0 Å². The lowest BCUT2D eigenvalue weighted by Gasteiger charge is -2.25. The van der Waals surface area contributed by atoms with Gasteiger partial charge in [-0.15, -0.1) is 0 Å². The molecule has 2 aromatic carbocycles. The van der Waals surface area contributed by atoms with Gasteiger partial charge in [0.2, 0.25) is 0 Å². The molecule has 6 nitrogen and oxygen atoms in total. The molecule has 7 heteroatoms. The number of aromatic nitrogens is 1. The number of halogens is 1. The van der Waals surface area contributed by atoms with Gasteiger partial charge in [0.1, 0.15) is 0 Å². The van der Waals surface area contributed by atoms with Crippen LogP contribution in [-0.4, -0.2) is 54.4 Å². The van der Waals surface area contributed by atoms with Crippen molar-refractivity contribution in [1.29, 1.82) is 0 Å². The van der Waals surface area contributed by atoms with Gasteiger partial charge in [0, 0.05) is 47.3 Å². The molecule has 0 radical (unpaired) electrons. The second-order valence-corrected chi connectivity index (χ2v) is 7.41. The summed E-state index contributed by atoms with van der Waals surface area (Å²) in [5.41, 5.74) is 5.72. The molecule has 1 aliphatic rings. The zero-order valence-corrected chi connectivity index (χ0v) is 16.8. The maximum Gasteiger partial charge on any atom is 0.254 e. The fourth-order valence-corrected chi connectivity index (χ4v) is 3.69. The van der Waals surface area contributed by atoms with Gasteiger partial charge in [-0.05, 0) is 17.7 Å². The Morgan fingerprint density at radius 3 is 2.72 bits per heavy atom. The minimum absolute atomic E-state index is 0.122. The van der Waals surface area contributed by atoms with Gasteiger partial charge in [0.05, 0.1) is 26.0 Å². The predicted octanol–water partition coefficient (Wildman–Crippen LogP) is 3.13. The van der Waals surface area contributed by atoms with E-state index in [-0.39, 0.29) is 5.91 Å². The van der Waals surface area contributed by atoms with Gasteiger partial charge in [-0.1, -0.05) is 48.0 Å². The third kappa shape index (κ3) is 4.85. The summed E-state index contributed by atoms with van der Waals surface area (Å²) in [6.45, 7) is 3.87. The van der Waals surface area contributed by atoms with E-state index in [2.05, 4.69) is 32.1 Å². The van der Waals surface area contributed by atoms with Crippen LogP contribution in [0.1, 0.15) is 11.1 Å². The zero-order chi connectivity index (χ0) is 20.1. The standard InChI is InChI=1S/C22H23ClN4O2/c23-20-7-3-1-5-17(20)14-27-15-18(19-6-2-4-8-21(19)27)13-24-25-22(28)16-26-9-11-29-12-10-26/h1-8,13,15H,9-12,14,16H2,(H,25,28)/b24-13-. The molecule has 1 aromatic heterocycles. The van der Waals surface area contributed by atoms with Crippen molar-refractivity contribution in [1.82, 2.24) is 14.9 Å². The van der Waals surface area contributed by atoms with Crippen molar-refractivity contribution in [2.24, 2.45) is 5.10 Å². The van der Waals surface area contributed by atoms with Crippen molar-refractivity contribution >= 4 is 34.6 Å². The van der Waals surface area contributed by atoms with Gasteiger partial charge in [0.15, 0.2) is 0 Å². The molecule has 0 bridgehead atoms. The molecule has 0 unspecified atom stereocenters. The summed E-state index contributed by atoms with van der Waals surface area (Å²) in [4.78, 5) is 14.2. The minimum atomic E-state index is -0.122. The van der Waals surface area contributed by atoms with E-state index in [4.69, 9.17) is 16.3 Å². The van der Waals surface area contributed by atoms with Gasteiger partial charge < -0.3 is 9.30 Å². The maximum absolute atomic E-state index is 12.1. The van der Waals surface area contributed by atoms with Crippen LogP contribution in [0.25, 0.3) is 10.9 Å².